The fourth-order valence-corrected chi connectivity index (χ4v) is 2.61. The van der Waals surface area contributed by atoms with Crippen LogP contribution in [0.15, 0.2) is 48.5 Å². The summed E-state index contributed by atoms with van der Waals surface area (Å²) < 4.78 is 11.0. The third-order valence-electron chi connectivity index (χ3n) is 3.84. The number of fused-ring (bicyclic) bond motifs is 1. The molecule has 1 amide bonds. The normalized spacial score (nSPS) is 16.9. The van der Waals surface area contributed by atoms with E-state index in [0.29, 0.717) is 13.0 Å². The van der Waals surface area contributed by atoms with E-state index in [1.165, 1.54) is 0 Å². The van der Waals surface area contributed by atoms with Crippen LogP contribution in [0.3, 0.4) is 0 Å². The summed E-state index contributed by atoms with van der Waals surface area (Å²) in [5.74, 6) is 1.59. The van der Waals surface area contributed by atoms with E-state index in [1.807, 2.05) is 55.5 Å². The van der Waals surface area contributed by atoms with Crippen molar-refractivity contribution in [3.8, 4) is 11.5 Å². The summed E-state index contributed by atoms with van der Waals surface area (Å²) >= 11 is 0. The van der Waals surface area contributed by atoms with Crippen LogP contribution in [0.4, 0.5) is 5.69 Å². The van der Waals surface area contributed by atoms with Crippen LogP contribution in [-0.4, -0.2) is 19.1 Å². The minimum Gasteiger partial charge on any atom is -0.497 e. The Morgan fingerprint density at radius 1 is 1.14 bits per heavy atom. The average molecular weight is 297 g/mol. The van der Waals surface area contributed by atoms with Crippen molar-refractivity contribution in [1.29, 1.82) is 0 Å². The number of anilines is 1. The highest BCUT2D eigenvalue weighted by Gasteiger charge is 2.32. The monoisotopic (exact) mass is 297 g/mol. The molecule has 4 heteroatoms. The lowest BCUT2D eigenvalue weighted by molar-refractivity contribution is -0.126. The second kappa shape index (κ2) is 6.10. The van der Waals surface area contributed by atoms with Crippen molar-refractivity contribution in [1.82, 2.24) is 0 Å². The zero-order valence-electron chi connectivity index (χ0n) is 12.8. The Morgan fingerprint density at radius 3 is 2.55 bits per heavy atom. The number of nitrogens with zero attached hydrogens (tertiary/aromatic N) is 1. The zero-order valence-corrected chi connectivity index (χ0v) is 12.8. The molecule has 2 aromatic carbocycles. The van der Waals surface area contributed by atoms with E-state index in [0.717, 1.165) is 22.7 Å². The van der Waals surface area contributed by atoms with Gasteiger partial charge < -0.3 is 14.4 Å². The van der Waals surface area contributed by atoms with Gasteiger partial charge in [-0.15, -0.1) is 0 Å². The second-order valence-electron chi connectivity index (χ2n) is 5.25. The molecule has 0 aliphatic carbocycles. The van der Waals surface area contributed by atoms with Crippen LogP contribution in [0, 0.1) is 0 Å². The minimum absolute atomic E-state index is 0.0111. The SMILES string of the molecule is CCC1Oc2ccccc2N(Cc2ccc(OC)cc2)C1=O. The molecule has 0 spiro atoms. The average Bonchev–Trinajstić information content (AvgIpc) is 2.57. The molecule has 2 aromatic rings. The first-order valence-corrected chi connectivity index (χ1v) is 7.43. The van der Waals surface area contributed by atoms with Gasteiger partial charge in [0, 0.05) is 0 Å². The van der Waals surface area contributed by atoms with E-state index >= 15 is 0 Å². The molecule has 1 atom stereocenters. The van der Waals surface area contributed by atoms with E-state index < -0.39 is 6.10 Å². The van der Waals surface area contributed by atoms with Gasteiger partial charge in [-0.2, -0.15) is 0 Å². The predicted molar refractivity (Wildman–Crippen MR) is 85.3 cm³/mol. The van der Waals surface area contributed by atoms with Gasteiger partial charge in [0.05, 0.1) is 19.3 Å². The Morgan fingerprint density at radius 2 is 1.86 bits per heavy atom. The first-order valence-electron chi connectivity index (χ1n) is 7.43. The molecule has 0 fully saturated rings. The molecule has 1 aliphatic rings. The van der Waals surface area contributed by atoms with Gasteiger partial charge in [0.15, 0.2) is 6.10 Å². The first-order chi connectivity index (χ1) is 10.7. The smallest absolute Gasteiger partial charge is 0.268 e. The van der Waals surface area contributed by atoms with E-state index in [-0.39, 0.29) is 5.91 Å². The van der Waals surface area contributed by atoms with Gasteiger partial charge in [0.1, 0.15) is 11.5 Å². The molecule has 0 radical (unpaired) electrons. The lowest BCUT2D eigenvalue weighted by Crippen LogP contribution is -2.45. The highest BCUT2D eigenvalue weighted by Crippen LogP contribution is 2.35. The van der Waals surface area contributed by atoms with Gasteiger partial charge >= 0.3 is 0 Å². The number of hydrogen-bond acceptors (Lipinski definition) is 3. The van der Waals surface area contributed by atoms with Crippen molar-refractivity contribution in [2.75, 3.05) is 12.0 Å². The molecule has 114 valence electrons. The highest BCUT2D eigenvalue weighted by atomic mass is 16.5. The molecule has 1 unspecified atom stereocenters. The molecular formula is C18H19NO3. The Kier molecular flexibility index (Phi) is 4.00. The Labute approximate surface area is 130 Å². The zero-order chi connectivity index (χ0) is 15.5. The summed E-state index contributed by atoms with van der Waals surface area (Å²) in [6, 6.07) is 15.4. The summed E-state index contributed by atoms with van der Waals surface area (Å²) in [5, 5.41) is 0. The Bertz CT molecular complexity index is 666. The largest absolute Gasteiger partial charge is 0.497 e. The maximum absolute atomic E-state index is 12.6. The third-order valence-corrected chi connectivity index (χ3v) is 3.84. The molecule has 0 N–H and O–H groups in total. The molecule has 0 aromatic heterocycles. The fraction of sp³-hybridized carbons (Fsp3) is 0.278. The lowest BCUT2D eigenvalue weighted by atomic mass is 10.1. The lowest BCUT2D eigenvalue weighted by Gasteiger charge is -2.34. The van der Waals surface area contributed by atoms with Crippen LogP contribution in [-0.2, 0) is 11.3 Å². The van der Waals surface area contributed by atoms with Crippen molar-refractivity contribution < 1.29 is 14.3 Å². The van der Waals surface area contributed by atoms with Gasteiger partial charge in [0.2, 0.25) is 0 Å². The summed E-state index contributed by atoms with van der Waals surface area (Å²) in [7, 11) is 1.64. The fourth-order valence-electron chi connectivity index (χ4n) is 2.61. The Hall–Kier alpha value is -2.49. The number of carbonyl (C=O) groups excluding carboxylic acids is 1. The molecule has 4 nitrogen and oxygen atoms in total. The first kappa shape index (κ1) is 14.4. The van der Waals surface area contributed by atoms with Gasteiger partial charge in [-0.1, -0.05) is 31.2 Å². The van der Waals surface area contributed by atoms with Gasteiger partial charge in [-0.3, -0.25) is 4.79 Å². The Balaban J connectivity index is 1.91. The van der Waals surface area contributed by atoms with E-state index in [9.17, 15) is 4.79 Å². The quantitative estimate of drug-likeness (QED) is 0.868. The molecular weight excluding hydrogens is 278 g/mol. The van der Waals surface area contributed by atoms with Gasteiger partial charge in [-0.05, 0) is 36.2 Å². The number of rotatable bonds is 4. The predicted octanol–water partition coefficient (Wildman–Crippen LogP) is 3.40. The topological polar surface area (TPSA) is 38.8 Å². The van der Waals surface area contributed by atoms with Crippen LogP contribution >= 0.6 is 0 Å². The van der Waals surface area contributed by atoms with Crippen LogP contribution < -0.4 is 14.4 Å². The number of methoxy groups -OCH3 is 1. The summed E-state index contributed by atoms with van der Waals surface area (Å²) in [5.41, 5.74) is 1.88. The van der Waals surface area contributed by atoms with Crippen LogP contribution in [0.1, 0.15) is 18.9 Å². The number of hydrogen-bond donors (Lipinski definition) is 0. The summed E-state index contributed by atoms with van der Waals surface area (Å²) in [6.45, 7) is 2.49. The van der Waals surface area contributed by atoms with Crippen LogP contribution in [0.2, 0.25) is 0 Å². The highest BCUT2D eigenvalue weighted by molar-refractivity contribution is 5.99. The number of para-hydroxylation sites is 2. The molecule has 22 heavy (non-hydrogen) atoms. The molecule has 0 saturated carbocycles. The van der Waals surface area contributed by atoms with Crippen molar-refractivity contribution in [2.24, 2.45) is 0 Å². The van der Waals surface area contributed by atoms with Crippen LogP contribution in [0.5, 0.6) is 11.5 Å². The molecule has 1 heterocycles. The van der Waals surface area contributed by atoms with Crippen molar-refractivity contribution in [3.05, 3.63) is 54.1 Å². The van der Waals surface area contributed by atoms with Gasteiger partial charge in [0.25, 0.3) is 5.91 Å². The maximum Gasteiger partial charge on any atom is 0.268 e. The number of carbonyl (C=O) groups is 1. The summed E-state index contributed by atoms with van der Waals surface area (Å²) in [6.07, 6.45) is 0.250. The molecule has 3 rings (SSSR count). The number of amides is 1. The molecule has 1 aliphatic heterocycles. The minimum atomic E-state index is -0.409. The molecule has 0 saturated heterocycles. The van der Waals surface area contributed by atoms with Gasteiger partial charge in [-0.25, -0.2) is 0 Å². The van der Waals surface area contributed by atoms with Crippen molar-refractivity contribution in [2.45, 2.75) is 26.0 Å². The number of ether oxygens (including phenoxy) is 2. The maximum atomic E-state index is 12.6. The van der Waals surface area contributed by atoms with Crippen molar-refractivity contribution in [3.63, 3.8) is 0 Å². The number of benzene rings is 2. The standard InChI is InChI=1S/C18H19NO3/c1-3-16-18(20)19(15-6-4-5-7-17(15)22-16)12-13-8-10-14(21-2)11-9-13/h4-11,16H,3,12H2,1-2H3. The molecule has 0 bridgehead atoms. The third kappa shape index (κ3) is 2.64. The summed E-state index contributed by atoms with van der Waals surface area (Å²) in [4.78, 5) is 14.4. The van der Waals surface area contributed by atoms with Crippen molar-refractivity contribution >= 4 is 11.6 Å². The van der Waals surface area contributed by atoms with E-state index in [1.54, 1.807) is 12.0 Å². The second-order valence-corrected chi connectivity index (χ2v) is 5.25. The van der Waals surface area contributed by atoms with E-state index in [4.69, 9.17) is 9.47 Å². The van der Waals surface area contributed by atoms with Crippen LogP contribution in [0.25, 0.3) is 0 Å². The van der Waals surface area contributed by atoms with E-state index in [2.05, 4.69) is 0 Å².